The Balaban J connectivity index is 2.40. The second kappa shape index (κ2) is 2.45. The molecule has 1 aromatic rings. The van der Waals surface area contributed by atoms with Gasteiger partial charge in [-0.25, -0.2) is 4.68 Å². The average molecular weight is 168 g/mol. The van der Waals surface area contributed by atoms with E-state index in [-0.39, 0.29) is 6.04 Å². The highest BCUT2D eigenvalue weighted by molar-refractivity contribution is 5.28. The zero-order valence-corrected chi connectivity index (χ0v) is 7.15. The second-order valence-electron chi connectivity index (χ2n) is 3.17. The highest BCUT2D eigenvalue weighted by Crippen LogP contribution is 2.23. The molecule has 1 aliphatic rings. The van der Waals surface area contributed by atoms with E-state index in [2.05, 4.69) is 15.4 Å². The first kappa shape index (κ1) is 7.54. The third-order valence-corrected chi connectivity index (χ3v) is 2.01. The number of fused-ring (bicyclic) bond motifs is 1. The molecule has 0 aliphatic carbocycles. The van der Waals surface area contributed by atoms with E-state index in [1.165, 1.54) is 0 Å². The van der Waals surface area contributed by atoms with Gasteiger partial charge in [-0.1, -0.05) is 0 Å². The monoisotopic (exact) mass is 168 g/mol. The molecular weight excluding hydrogens is 156 g/mol. The van der Waals surface area contributed by atoms with Crippen LogP contribution in [0.3, 0.4) is 0 Å². The summed E-state index contributed by atoms with van der Waals surface area (Å²) in [5.41, 5.74) is 0. The molecule has 1 aliphatic heterocycles. The van der Waals surface area contributed by atoms with E-state index in [9.17, 15) is 5.11 Å². The number of aryl methyl sites for hydroxylation is 1. The average Bonchev–Trinajstić information content (AvgIpc) is 2.29. The Labute approximate surface area is 70.4 Å². The Morgan fingerprint density at radius 3 is 3.17 bits per heavy atom. The van der Waals surface area contributed by atoms with Gasteiger partial charge >= 0.3 is 0 Å². The van der Waals surface area contributed by atoms with Crippen molar-refractivity contribution in [2.45, 2.75) is 32.5 Å². The molecule has 66 valence electrons. The molecule has 0 bridgehead atoms. The summed E-state index contributed by atoms with van der Waals surface area (Å²) in [6.45, 7) is 3.85. The third kappa shape index (κ3) is 1.06. The van der Waals surface area contributed by atoms with Gasteiger partial charge in [0.1, 0.15) is 12.1 Å². The normalized spacial score (nSPS) is 27.9. The zero-order chi connectivity index (χ0) is 8.72. The van der Waals surface area contributed by atoms with Crippen molar-refractivity contribution in [1.82, 2.24) is 14.8 Å². The summed E-state index contributed by atoms with van der Waals surface area (Å²) in [6.07, 6.45) is 0.187. The fraction of sp³-hybridized carbons (Fsp3) is 0.714. The topological polar surface area (TPSA) is 63.0 Å². The van der Waals surface area contributed by atoms with Gasteiger partial charge in [0, 0.05) is 6.42 Å². The quantitative estimate of drug-likeness (QED) is 0.584. The molecule has 0 radical (unpaired) electrons. The minimum atomic E-state index is -0.490. The van der Waals surface area contributed by atoms with Gasteiger partial charge in [-0.2, -0.15) is 10.1 Å². The maximum Gasteiger partial charge on any atom is 0.223 e. The summed E-state index contributed by atoms with van der Waals surface area (Å²) in [6, 6.07) is 0.220. The SMILES string of the molecule is Cc1nc2n(n1)C(C)CC(O)N2. The van der Waals surface area contributed by atoms with E-state index in [0.29, 0.717) is 12.4 Å². The van der Waals surface area contributed by atoms with Gasteiger partial charge in [-0.3, -0.25) is 0 Å². The van der Waals surface area contributed by atoms with Crippen LogP contribution in [0.2, 0.25) is 0 Å². The van der Waals surface area contributed by atoms with Crippen molar-refractivity contribution >= 4 is 5.95 Å². The van der Waals surface area contributed by atoms with Crippen LogP contribution in [0, 0.1) is 6.92 Å². The molecule has 2 unspecified atom stereocenters. The third-order valence-electron chi connectivity index (χ3n) is 2.01. The lowest BCUT2D eigenvalue weighted by Crippen LogP contribution is -2.31. The molecule has 5 nitrogen and oxygen atoms in total. The van der Waals surface area contributed by atoms with Crippen LogP contribution in [0.1, 0.15) is 25.2 Å². The number of nitrogens with zero attached hydrogens (tertiary/aromatic N) is 3. The molecule has 1 aromatic heterocycles. The molecule has 2 N–H and O–H groups in total. The highest BCUT2D eigenvalue weighted by Gasteiger charge is 2.23. The number of hydrogen-bond donors (Lipinski definition) is 2. The van der Waals surface area contributed by atoms with E-state index in [1.54, 1.807) is 0 Å². The van der Waals surface area contributed by atoms with Gasteiger partial charge in [0.2, 0.25) is 5.95 Å². The first-order valence-electron chi connectivity index (χ1n) is 4.04. The molecule has 0 spiro atoms. The van der Waals surface area contributed by atoms with Crippen LogP contribution in [0.25, 0.3) is 0 Å². The van der Waals surface area contributed by atoms with Gasteiger partial charge in [-0.05, 0) is 13.8 Å². The molecule has 0 saturated carbocycles. The lowest BCUT2D eigenvalue weighted by molar-refractivity contribution is 0.156. The molecule has 0 saturated heterocycles. The maximum absolute atomic E-state index is 9.34. The van der Waals surface area contributed by atoms with Crippen LogP contribution < -0.4 is 5.32 Å². The zero-order valence-electron chi connectivity index (χ0n) is 7.15. The standard InChI is InChI=1S/C7H12N4O/c1-4-3-6(12)9-7-8-5(2)10-11(4)7/h4,6,12H,3H2,1-2H3,(H,8,9,10). The minimum absolute atomic E-state index is 0.220. The van der Waals surface area contributed by atoms with Gasteiger partial charge < -0.3 is 10.4 Å². The van der Waals surface area contributed by atoms with Crippen molar-refractivity contribution in [3.63, 3.8) is 0 Å². The largest absolute Gasteiger partial charge is 0.374 e. The Morgan fingerprint density at radius 2 is 2.42 bits per heavy atom. The van der Waals surface area contributed by atoms with Gasteiger partial charge in [-0.15, -0.1) is 0 Å². The molecule has 0 amide bonds. The Hall–Kier alpha value is -1.10. The fourth-order valence-corrected chi connectivity index (χ4v) is 1.47. The number of rotatable bonds is 0. The molecule has 0 fully saturated rings. The molecule has 5 heteroatoms. The van der Waals surface area contributed by atoms with Crippen LogP contribution >= 0.6 is 0 Å². The van der Waals surface area contributed by atoms with Gasteiger partial charge in [0.05, 0.1) is 6.04 Å². The van der Waals surface area contributed by atoms with E-state index >= 15 is 0 Å². The molecule has 0 aromatic carbocycles. The highest BCUT2D eigenvalue weighted by atomic mass is 16.3. The summed E-state index contributed by atoms with van der Waals surface area (Å²) < 4.78 is 1.81. The van der Waals surface area contributed by atoms with Gasteiger partial charge in [0.15, 0.2) is 0 Å². The van der Waals surface area contributed by atoms with Crippen LogP contribution in [-0.2, 0) is 0 Å². The molecular formula is C7H12N4O. The predicted molar refractivity (Wildman–Crippen MR) is 43.7 cm³/mol. The van der Waals surface area contributed by atoms with E-state index in [1.807, 2.05) is 18.5 Å². The van der Waals surface area contributed by atoms with Crippen molar-refractivity contribution in [2.75, 3.05) is 5.32 Å². The maximum atomic E-state index is 9.34. The van der Waals surface area contributed by atoms with Crippen molar-refractivity contribution in [1.29, 1.82) is 0 Å². The lowest BCUT2D eigenvalue weighted by Gasteiger charge is -2.25. The summed E-state index contributed by atoms with van der Waals surface area (Å²) >= 11 is 0. The first-order valence-corrected chi connectivity index (χ1v) is 4.04. The Kier molecular flexibility index (Phi) is 1.54. The van der Waals surface area contributed by atoms with Crippen molar-refractivity contribution in [3.8, 4) is 0 Å². The second-order valence-corrected chi connectivity index (χ2v) is 3.17. The number of aliphatic hydroxyl groups excluding tert-OH is 1. The Bertz CT molecular complexity index is 296. The smallest absolute Gasteiger partial charge is 0.223 e. The number of anilines is 1. The minimum Gasteiger partial charge on any atom is -0.374 e. The van der Waals surface area contributed by atoms with Crippen molar-refractivity contribution in [3.05, 3.63) is 5.82 Å². The van der Waals surface area contributed by atoms with Crippen molar-refractivity contribution in [2.24, 2.45) is 0 Å². The summed E-state index contributed by atoms with van der Waals surface area (Å²) in [7, 11) is 0. The fourth-order valence-electron chi connectivity index (χ4n) is 1.47. The van der Waals surface area contributed by atoms with E-state index in [4.69, 9.17) is 0 Å². The summed E-state index contributed by atoms with van der Waals surface area (Å²) in [4.78, 5) is 4.13. The number of aromatic nitrogens is 3. The van der Waals surface area contributed by atoms with Gasteiger partial charge in [0.25, 0.3) is 0 Å². The summed E-state index contributed by atoms with van der Waals surface area (Å²) in [5.74, 6) is 1.40. The van der Waals surface area contributed by atoms with Crippen LogP contribution in [0.15, 0.2) is 0 Å². The number of aliphatic hydroxyl groups is 1. The molecule has 2 heterocycles. The number of nitrogens with one attached hydrogen (secondary N) is 1. The van der Waals surface area contributed by atoms with Crippen LogP contribution in [0.4, 0.5) is 5.95 Å². The summed E-state index contributed by atoms with van der Waals surface area (Å²) in [5, 5.41) is 16.4. The predicted octanol–water partition coefficient (Wildman–Crippen LogP) is 0.282. The molecule has 12 heavy (non-hydrogen) atoms. The lowest BCUT2D eigenvalue weighted by atomic mass is 10.2. The molecule has 2 atom stereocenters. The van der Waals surface area contributed by atoms with E-state index < -0.39 is 6.23 Å². The molecule has 2 rings (SSSR count). The van der Waals surface area contributed by atoms with Crippen LogP contribution in [0.5, 0.6) is 0 Å². The first-order chi connectivity index (χ1) is 5.66. The Morgan fingerprint density at radius 1 is 1.67 bits per heavy atom. The van der Waals surface area contributed by atoms with Crippen molar-refractivity contribution < 1.29 is 5.11 Å². The number of hydrogen-bond acceptors (Lipinski definition) is 4. The van der Waals surface area contributed by atoms with E-state index in [0.717, 1.165) is 5.82 Å². The van der Waals surface area contributed by atoms with Crippen LogP contribution in [-0.4, -0.2) is 26.1 Å².